The molecule has 0 fully saturated rings. The van der Waals surface area contributed by atoms with Gasteiger partial charge >= 0.3 is 0 Å². The van der Waals surface area contributed by atoms with Gasteiger partial charge in [0.05, 0.1) is 19.1 Å². The van der Waals surface area contributed by atoms with E-state index in [1.54, 1.807) is 43.5 Å². The van der Waals surface area contributed by atoms with Gasteiger partial charge in [0.15, 0.2) is 0 Å². The van der Waals surface area contributed by atoms with Crippen molar-refractivity contribution < 1.29 is 27.5 Å². The zero-order valence-electron chi connectivity index (χ0n) is 27.3. The monoisotopic (exact) mass is 657 g/mol. The molecule has 4 aromatic carbocycles. The quantitative estimate of drug-likeness (QED) is 0.172. The summed E-state index contributed by atoms with van der Waals surface area (Å²) in [4.78, 5) is 29.6. The molecule has 1 atom stereocenters. The van der Waals surface area contributed by atoms with Crippen molar-refractivity contribution in [3.05, 3.63) is 126 Å². The van der Waals surface area contributed by atoms with E-state index in [-0.39, 0.29) is 24.8 Å². The molecule has 9 nitrogen and oxygen atoms in total. The number of ether oxygens (including phenoxy) is 2. The van der Waals surface area contributed by atoms with Gasteiger partial charge in [-0.15, -0.1) is 0 Å². The van der Waals surface area contributed by atoms with E-state index in [9.17, 15) is 18.0 Å². The molecule has 248 valence electrons. The van der Waals surface area contributed by atoms with E-state index >= 15 is 0 Å². The Hall–Kier alpha value is -4.83. The Morgan fingerprint density at radius 3 is 2.00 bits per heavy atom. The fourth-order valence-electron chi connectivity index (χ4n) is 5.01. The van der Waals surface area contributed by atoms with Crippen molar-refractivity contribution in [1.29, 1.82) is 0 Å². The molecule has 47 heavy (non-hydrogen) atoms. The number of anilines is 1. The zero-order valence-corrected chi connectivity index (χ0v) is 28.2. The second-order valence-electron chi connectivity index (χ2n) is 11.8. The van der Waals surface area contributed by atoms with Crippen LogP contribution >= 0.6 is 0 Å². The smallest absolute Gasteiger partial charge is 0.244 e. The maximum atomic E-state index is 14.3. The molecule has 0 spiro atoms. The molecule has 0 radical (unpaired) electrons. The Labute approximate surface area is 278 Å². The standard InChI is InChI=1S/C37H43N3O6S/c1-28(2)24-38-37(42)35(23-29-12-7-5-8-13-29)39(25-31-16-11-17-34(22-31)45-3)36(41)26-40(47(4,43)44)32-18-20-33(21-19-32)46-27-30-14-9-6-10-15-30/h5-22,28,35H,23-27H2,1-4H3,(H,38,42)/t35-/m1/s1. The van der Waals surface area contributed by atoms with E-state index in [0.29, 0.717) is 30.3 Å². The summed E-state index contributed by atoms with van der Waals surface area (Å²) in [5.74, 6) is 0.514. The molecule has 4 aromatic rings. The van der Waals surface area contributed by atoms with Crippen LogP contribution in [0.3, 0.4) is 0 Å². The van der Waals surface area contributed by atoms with Gasteiger partial charge < -0.3 is 19.7 Å². The summed E-state index contributed by atoms with van der Waals surface area (Å²) in [7, 11) is -2.34. The Morgan fingerprint density at radius 2 is 1.40 bits per heavy atom. The average Bonchev–Trinajstić information content (AvgIpc) is 3.07. The lowest BCUT2D eigenvalue weighted by Crippen LogP contribution is -2.53. The van der Waals surface area contributed by atoms with Gasteiger partial charge in [-0.2, -0.15) is 0 Å². The SMILES string of the molecule is COc1cccc(CN(C(=O)CN(c2ccc(OCc3ccccc3)cc2)S(C)(=O)=O)[C@H](Cc2ccccc2)C(=O)NCC(C)C)c1. The summed E-state index contributed by atoms with van der Waals surface area (Å²) >= 11 is 0. The molecule has 0 bridgehead atoms. The van der Waals surface area contributed by atoms with Crippen molar-refractivity contribution in [2.75, 3.05) is 30.8 Å². The first-order chi connectivity index (χ1) is 22.5. The maximum Gasteiger partial charge on any atom is 0.244 e. The Kier molecular flexibility index (Phi) is 12.4. The minimum Gasteiger partial charge on any atom is -0.497 e. The van der Waals surface area contributed by atoms with E-state index < -0.39 is 28.5 Å². The number of benzene rings is 4. The van der Waals surface area contributed by atoms with Crippen LogP contribution in [0.5, 0.6) is 11.5 Å². The Bertz CT molecular complexity index is 1700. The van der Waals surface area contributed by atoms with Crippen molar-refractivity contribution in [2.24, 2.45) is 5.92 Å². The summed E-state index contributed by atoms with van der Waals surface area (Å²) in [6, 6.07) is 32.1. The molecular formula is C37H43N3O6S. The third-order valence-electron chi connectivity index (χ3n) is 7.49. The summed E-state index contributed by atoms with van der Waals surface area (Å²) in [5.41, 5.74) is 2.90. The predicted molar refractivity (Wildman–Crippen MR) is 185 cm³/mol. The largest absolute Gasteiger partial charge is 0.497 e. The fourth-order valence-corrected chi connectivity index (χ4v) is 5.86. The summed E-state index contributed by atoms with van der Waals surface area (Å²) in [6.07, 6.45) is 1.30. The second-order valence-corrected chi connectivity index (χ2v) is 13.7. The number of amides is 2. The molecule has 10 heteroatoms. The van der Waals surface area contributed by atoms with Crippen LogP contribution in [0.1, 0.15) is 30.5 Å². The normalized spacial score (nSPS) is 11.9. The van der Waals surface area contributed by atoms with Gasteiger partial charge in [0.25, 0.3) is 0 Å². The molecule has 1 N–H and O–H groups in total. The van der Waals surface area contributed by atoms with Crippen molar-refractivity contribution in [1.82, 2.24) is 10.2 Å². The number of methoxy groups -OCH3 is 1. The van der Waals surface area contributed by atoms with Gasteiger partial charge in [0.2, 0.25) is 21.8 Å². The highest BCUT2D eigenvalue weighted by atomic mass is 32.2. The number of nitrogens with zero attached hydrogens (tertiary/aromatic N) is 2. The third-order valence-corrected chi connectivity index (χ3v) is 8.64. The molecular weight excluding hydrogens is 614 g/mol. The van der Waals surface area contributed by atoms with Crippen molar-refractivity contribution in [2.45, 2.75) is 39.5 Å². The number of carbonyl (C=O) groups is 2. The van der Waals surface area contributed by atoms with Gasteiger partial charge in [-0.3, -0.25) is 13.9 Å². The minimum absolute atomic E-state index is 0.0620. The highest BCUT2D eigenvalue weighted by Gasteiger charge is 2.33. The van der Waals surface area contributed by atoms with Crippen molar-refractivity contribution in [3.8, 4) is 11.5 Å². The van der Waals surface area contributed by atoms with Crippen LogP contribution < -0.4 is 19.1 Å². The molecule has 0 aliphatic heterocycles. The van der Waals surface area contributed by atoms with Crippen LogP contribution in [0, 0.1) is 5.92 Å². The summed E-state index contributed by atoms with van der Waals surface area (Å²) < 4.78 is 38.6. The van der Waals surface area contributed by atoms with Gasteiger partial charge in [0.1, 0.15) is 30.7 Å². The van der Waals surface area contributed by atoms with Gasteiger partial charge in [-0.05, 0) is 59.0 Å². The van der Waals surface area contributed by atoms with Gasteiger partial charge in [0, 0.05) is 19.5 Å². The van der Waals surface area contributed by atoms with E-state index in [2.05, 4.69) is 5.32 Å². The molecule has 4 rings (SSSR count). The van der Waals surface area contributed by atoms with Crippen LogP contribution in [0.2, 0.25) is 0 Å². The maximum absolute atomic E-state index is 14.3. The van der Waals surface area contributed by atoms with Crippen LogP contribution in [0.15, 0.2) is 109 Å². The van der Waals surface area contributed by atoms with Crippen LogP contribution in [0.4, 0.5) is 5.69 Å². The summed E-state index contributed by atoms with van der Waals surface area (Å²) in [5, 5.41) is 2.99. The van der Waals surface area contributed by atoms with E-state index in [0.717, 1.165) is 27.3 Å². The van der Waals surface area contributed by atoms with Crippen LogP contribution in [-0.4, -0.2) is 57.6 Å². The number of hydrogen-bond acceptors (Lipinski definition) is 6. The number of carbonyl (C=O) groups excluding carboxylic acids is 2. The average molecular weight is 658 g/mol. The van der Waals surface area contributed by atoms with E-state index in [4.69, 9.17) is 9.47 Å². The first-order valence-corrected chi connectivity index (χ1v) is 17.4. The Morgan fingerprint density at radius 1 is 0.787 bits per heavy atom. The number of hydrogen-bond donors (Lipinski definition) is 1. The molecule has 0 aliphatic carbocycles. The zero-order chi connectivity index (χ0) is 33.8. The Balaban J connectivity index is 1.65. The lowest BCUT2D eigenvalue weighted by molar-refractivity contribution is -0.140. The number of sulfonamides is 1. The molecule has 0 aliphatic rings. The minimum atomic E-state index is -3.90. The molecule has 0 saturated carbocycles. The van der Waals surface area contributed by atoms with E-state index in [1.807, 2.05) is 86.6 Å². The molecule has 0 heterocycles. The molecule has 0 saturated heterocycles. The van der Waals surface area contributed by atoms with Crippen molar-refractivity contribution in [3.63, 3.8) is 0 Å². The molecule has 0 unspecified atom stereocenters. The van der Waals surface area contributed by atoms with Gasteiger partial charge in [-0.25, -0.2) is 8.42 Å². The molecule has 0 aromatic heterocycles. The first-order valence-electron chi connectivity index (χ1n) is 15.5. The lowest BCUT2D eigenvalue weighted by atomic mass is 10.0. The van der Waals surface area contributed by atoms with Crippen LogP contribution in [0.25, 0.3) is 0 Å². The lowest BCUT2D eigenvalue weighted by Gasteiger charge is -2.33. The highest BCUT2D eigenvalue weighted by molar-refractivity contribution is 7.92. The second kappa shape index (κ2) is 16.6. The fraction of sp³-hybridized carbons (Fsp3) is 0.297. The number of rotatable bonds is 16. The highest BCUT2D eigenvalue weighted by Crippen LogP contribution is 2.24. The van der Waals surface area contributed by atoms with E-state index in [1.165, 1.54) is 4.90 Å². The predicted octanol–water partition coefficient (Wildman–Crippen LogP) is 5.45. The summed E-state index contributed by atoms with van der Waals surface area (Å²) in [6.45, 7) is 4.33. The number of nitrogens with one attached hydrogen (secondary N) is 1. The van der Waals surface area contributed by atoms with Gasteiger partial charge in [-0.1, -0.05) is 86.6 Å². The molecule has 2 amide bonds. The third kappa shape index (κ3) is 10.6. The van der Waals surface area contributed by atoms with Crippen molar-refractivity contribution >= 4 is 27.5 Å². The topological polar surface area (TPSA) is 105 Å². The first kappa shape index (κ1) is 35.0. The van der Waals surface area contributed by atoms with Crippen LogP contribution in [-0.2, 0) is 39.2 Å².